The van der Waals surface area contributed by atoms with Crippen LogP contribution in [0, 0.1) is 5.92 Å². The number of aliphatic hydroxyl groups excluding tert-OH is 1. The Kier molecular flexibility index (Phi) is 6.27. The van der Waals surface area contributed by atoms with Crippen molar-refractivity contribution >= 4 is 5.91 Å². The number of carbonyl (C=O) groups excluding carboxylic acids is 1. The molecule has 1 fully saturated rings. The van der Waals surface area contributed by atoms with E-state index in [0.717, 1.165) is 32.1 Å². The fraction of sp³-hybridized carbons (Fsp3) is 0.933. The molecule has 112 valence electrons. The van der Waals surface area contributed by atoms with E-state index < -0.39 is 0 Å². The Balaban J connectivity index is 2.35. The Morgan fingerprint density at radius 2 is 1.89 bits per heavy atom. The van der Waals surface area contributed by atoms with Crippen LogP contribution in [0.2, 0.25) is 0 Å². The largest absolute Gasteiger partial charge is 0.396 e. The third-order valence-corrected chi connectivity index (χ3v) is 4.45. The van der Waals surface area contributed by atoms with E-state index in [0.29, 0.717) is 25.1 Å². The van der Waals surface area contributed by atoms with Gasteiger partial charge < -0.3 is 10.4 Å². The Bertz CT molecular complexity index is 284. The predicted molar refractivity (Wildman–Crippen MR) is 78.0 cm³/mol. The Labute approximate surface area is 117 Å². The van der Waals surface area contributed by atoms with E-state index in [1.54, 1.807) is 0 Å². The van der Waals surface area contributed by atoms with Crippen LogP contribution < -0.4 is 5.32 Å². The number of rotatable bonds is 6. The molecule has 1 saturated carbocycles. The molecule has 0 spiro atoms. The zero-order valence-electron chi connectivity index (χ0n) is 12.9. The van der Waals surface area contributed by atoms with Crippen molar-refractivity contribution in [1.82, 2.24) is 10.2 Å². The number of carbonyl (C=O) groups is 1. The van der Waals surface area contributed by atoms with Gasteiger partial charge in [0.1, 0.15) is 0 Å². The van der Waals surface area contributed by atoms with Gasteiger partial charge in [-0.05, 0) is 58.9 Å². The SMILES string of the molecule is CCC(C)(C)NC(=O)CN(C)C1CCC(CO)CC1. The summed E-state index contributed by atoms with van der Waals surface area (Å²) in [5, 5.41) is 12.2. The number of aliphatic hydroxyl groups is 1. The number of likely N-dealkylation sites (N-methyl/N-ethyl adjacent to an activating group) is 1. The molecule has 2 N–H and O–H groups in total. The van der Waals surface area contributed by atoms with Crippen molar-refractivity contribution in [3.05, 3.63) is 0 Å². The minimum Gasteiger partial charge on any atom is -0.396 e. The van der Waals surface area contributed by atoms with E-state index in [2.05, 4.69) is 31.0 Å². The van der Waals surface area contributed by atoms with Crippen LogP contribution in [0.3, 0.4) is 0 Å². The van der Waals surface area contributed by atoms with Gasteiger partial charge in [0.2, 0.25) is 5.91 Å². The van der Waals surface area contributed by atoms with Crippen LogP contribution in [-0.4, -0.2) is 47.7 Å². The molecule has 0 aromatic carbocycles. The second kappa shape index (κ2) is 7.25. The van der Waals surface area contributed by atoms with Crippen LogP contribution >= 0.6 is 0 Å². The van der Waals surface area contributed by atoms with Gasteiger partial charge in [-0.1, -0.05) is 6.92 Å². The van der Waals surface area contributed by atoms with Crippen molar-refractivity contribution in [2.45, 2.75) is 64.5 Å². The van der Waals surface area contributed by atoms with E-state index in [4.69, 9.17) is 5.11 Å². The highest BCUT2D eigenvalue weighted by Gasteiger charge is 2.25. The number of nitrogens with one attached hydrogen (secondary N) is 1. The molecule has 0 saturated heterocycles. The summed E-state index contributed by atoms with van der Waals surface area (Å²) in [6.07, 6.45) is 5.27. The van der Waals surface area contributed by atoms with Crippen molar-refractivity contribution in [2.75, 3.05) is 20.2 Å². The summed E-state index contributed by atoms with van der Waals surface area (Å²) in [6.45, 7) is 6.97. The summed E-state index contributed by atoms with van der Waals surface area (Å²) in [6, 6.07) is 0.485. The summed E-state index contributed by atoms with van der Waals surface area (Å²) in [5.41, 5.74) is -0.119. The summed E-state index contributed by atoms with van der Waals surface area (Å²) >= 11 is 0. The van der Waals surface area contributed by atoms with Crippen molar-refractivity contribution < 1.29 is 9.90 Å². The fourth-order valence-corrected chi connectivity index (χ4v) is 2.63. The monoisotopic (exact) mass is 270 g/mol. The molecule has 19 heavy (non-hydrogen) atoms. The molecule has 0 heterocycles. The molecular formula is C15H30N2O2. The molecule has 1 aliphatic rings. The highest BCUT2D eigenvalue weighted by atomic mass is 16.3. The van der Waals surface area contributed by atoms with Crippen molar-refractivity contribution in [3.63, 3.8) is 0 Å². The summed E-state index contributed by atoms with van der Waals surface area (Å²) in [4.78, 5) is 14.2. The topological polar surface area (TPSA) is 52.6 Å². The lowest BCUT2D eigenvalue weighted by Crippen LogP contribution is -2.48. The summed E-state index contributed by atoms with van der Waals surface area (Å²) in [7, 11) is 2.03. The van der Waals surface area contributed by atoms with Crippen LogP contribution in [0.1, 0.15) is 52.9 Å². The average Bonchev–Trinajstić information content (AvgIpc) is 2.38. The first-order chi connectivity index (χ1) is 8.88. The maximum atomic E-state index is 12.0. The van der Waals surface area contributed by atoms with Crippen molar-refractivity contribution in [2.24, 2.45) is 5.92 Å². The lowest BCUT2D eigenvalue weighted by Gasteiger charge is -2.34. The lowest BCUT2D eigenvalue weighted by molar-refractivity contribution is -0.124. The molecule has 0 aromatic heterocycles. The van der Waals surface area contributed by atoms with Crippen LogP contribution in [0.5, 0.6) is 0 Å². The van der Waals surface area contributed by atoms with E-state index in [-0.39, 0.29) is 11.4 Å². The molecule has 0 radical (unpaired) electrons. The molecule has 1 amide bonds. The first-order valence-electron chi connectivity index (χ1n) is 7.50. The van der Waals surface area contributed by atoms with E-state index in [9.17, 15) is 4.79 Å². The molecule has 0 aliphatic heterocycles. The third kappa shape index (κ3) is 5.49. The number of nitrogens with zero attached hydrogens (tertiary/aromatic N) is 1. The van der Waals surface area contributed by atoms with Crippen LogP contribution in [0.25, 0.3) is 0 Å². The van der Waals surface area contributed by atoms with E-state index in [1.165, 1.54) is 0 Å². The maximum Gasteiger partial charge on any atom is 0.234 e. The van der Waals surface area contributed by atoms with Crippen molar-refractivity contribution in [3.8, 4) is 0 Å². The molecule has 0 unspecified atom stereocenters. The van der Waals surface area contributed by atoms with Gasteiger partial charge in [-0.3, -0.25) is 9.69 Å². The molecule has 1 rings (SSSR count). The predicted octanol–water partition coefficient (Wildman–Crippen LogP) is 1.77. The van der Waals surface area contributed by atoms with Gasteiger partial charge in [0.25, 0.3) is 0 Å². The van der Waals surface area contributed by atoms with E-state index >= 15 is 0 Å². The molecular weight excluding hydrogens is 240 g/mol. The minimum absolute atomic E-state index is 0.110. The normalized spacial score (nSPS) is 24.5. The average molecular weight is 270 g/mol. The zero-order chi connectivity index (χ0) is 14.5. The summed E-state index contributed by atoms with van der Waals surface area (Å²) < 4.78 is 0. The summed E-state index contributed by atoms with van der Waals surface area (Å²) in [5.74, 6) is 0.580. The molecule has 4 heteroatoms. The van der Waals surface area contributed by atoms with Gasteiger partial charge in [0.15, 0.2) is 0 Å². The molecule has 4 nitrogen and oxygen atoms in total. The second-order valence-corrected chi connectivity index (χ2v) is 6.56. The first kappa shape index (κ1) is 16.4. The molecule has 0 bridgehead atoms. The second-order valence-electron chi connectivity index (χ2n) is 6.56. The quantitative estimate of drug-likeness (QED) is 0.773. The van der Waals surface area contributed by atoms with Crippen LogP contribution in [0.4, 0.5) is 0 Å². The number of hydrogen-bond acceptors (Lipinski definition) is 3. The van der Waals surface area contributed by atoms with Crippen LogP contribution in [0.15, 0.2) is 0 Å². The standard InChI is InChI=1S/C15H30N2O2/c1-5-15(2,3)16-14(19)10-17(4)13-8-6-12(11-18)7-9-13/h12-13,18H,5-11H2,1-4H3,(H,16,19). The lowest BCUT2D eigenvalue weighted by atomic mass is 9.86. The maximum absolute atomic E-state index is 12.0. The molecule has 0 aromatic rings. The number of hydrogen-bond donors (Lipinski definition) is 2. The zero-order valence-corrected chi connectivity index (χ0v) is 12.9. The van der Waals surface area contributed by atoms with Gasteiger partial charge in [-0.15, -0.1) is 0 Å². The van der Waals surface area contributed by atoms with Crippen LogP contribution in [-0.2, 0) is 4.79 Å². The fourth-order valence-electron chi connectivity index (χ4n) is 2.63. The Morgan fingerprint density at radius 1 is 1.32 bits per heavy atom. The first-order valence-corrected chi connectivity index (χ1v) is 7.50. The Hall–Kier alpha value is -0.610. The number of amides is 1. The highest BCUT2D eigenvalue weighted by molar-refractivity contribution is 5.78. The smallest absolute Gasteiger partial charge is 0.234 e. The Morgan fingerprint density at radius 3 is 2.37 bits per heavy atom. The van der Waals surface area contributed by atoms with Gasteiger partial charge in [-0.2, -0.15) is 0 Å². The highest BCUT2D eigenvalue weighted by Crippen LogP contribution is 2.26. The van der Waals surface area contributed by atoms with Crippen molar-refractivity contribution in [1.29, 1.82) is 0 Å². The molecule has 0 atom stereocenters. The van der Waals surface area contributed by atoms with Gasteiger partial charge >= 0.3 is 0 Å². The van der Waals surface area contributed by atoms with Gasteiger partial charge in [-0.25, -0.2) is 0 Å². The van der Waals surface area contributed by atoms with E-state index in [1.807, 2.05) is 7.05 Å². The molecule has 1 aliphatic carbocycles. The minimum atomic E-state index is -0.119. The van der Waals surface area contributed by atoms with Gasteiger partial charge in [0.05, 0.1) is 6.54 Å². The van der Waals surface area contributed by atoms with Gasteiger partial charge in [0, 0.05) is 18.2 Å². The third-order valence-electron chi connectivity index (χ3n) is 4.45.